The molecule has 1 N–H and O–H groups in total. The Balaban J connectivity index is 2.24. The zero-order valence-corrected chi connectivity index (χ0v) is 13.2. The molecule has 0 spiro atoms. The van der Waals surface area contributed by atoms with Crippen LogP contribution in [0.4, 0.5) is 0 Å². The molecule has 3 nitrogen and oxygen atoms in total. The summed E-state index contributed by atoms with van der Waals surface area (Å²) < 4.78 is 11.5. The summed E-state index contributed by atoms with van der Waals surface area (Å²) in [5, 5.41) is 3.65. The fourth-order valence-corrected chi connectivity index (χ4v) is 2.70. The molecule has 112 valence electrons. The lowest BCUT2D eigenvalue weighted by molar-refractivity contribution is 0.00668. The van der Waals surface area contributed by atoms with Crippen molar-refractivity contribution in [1.29, 1.82) is 0 Å². The van der Waals surface area contributed by atoms with Gasteiger partial charge in [0.25, 0.3) is 0 Å². The van der Waals surface area contributed by atoms with Crippen LogP contribution in [0.25, 0.3) is 0 Å². The van der Waals surface area contributed by atoms with E-state index in [0.29, 0.717) is 0 Å². The van der Waals surface area contributed by atoms with Crippen LogP contribution in [0.15, 0.2) is 18.2 Å². The molecule has 20 heavy (non-hydrogen) atoms. The van der Waals surface area contributed by atoms with Gasteiger partial charge in [-0.25, -0.2) is 0 Å². The van der Waals surface area contributed by atoms with Crippen molar-refractivity contribution in [3.63, 3.8) is 0 Å². The van der Waals surface area contributed by atoms with Crippen LogP contribution in [-0.4, -0.2) is 25.9 Å². The smallest absolute Gasteiger partial charge is 0.127 e. The monoisotopic (exact) mass is 277 g/mol. The third kappa shape index (κ3) is 3.53. The average Bonchev–Trinajstić information content (AvgIpc) is 2.91. The standard InChI is InChI=1S/C17H27NO2/c1-5-10-18-15(12-17(2,3)19-4)14-8-6-7-13-9-11-20-16(13)14/h6-8,15,18H,5,9-12H2,1-4H3. The Morgan fingerprint density at radius 2 is 2.20 bits per heavy atom. The van der Waals surface area contributed by atoms with E-state index in [4.69, 9.17) is 9.47 Å². The van der Waals surface area contributed by atoms with Crippen molar-refractivity contribution in [3.8, 4) is 5.75 Å². The van der Waals surface area contributed by atoms with E-state index in [1.165, 1.54) is 11.1 Å². The minimum Gasteiger partial charge on any atom is -0.493 e. The van der Waals surface area contributed by atoms with Gasteiger partial charge in [-0.1, -0.05) is 25.1 Å². The highest BCUT2D eigenvalue weighted by molar-refractivity contribution is 5.45. The number of fused-ring (bicyclic) bond motifs is 1. The highest BCUT2D eigenvalue weighted by atomic mass is 16.5. The number of hydrogen-bond acceptors (Lipinski definition) is 3. The van der Waals surface area contributed by atoms with E-state index in [9.17, 15) is 0 Å². The zero-order valence-electron chi connectivity index (χ0n) is 13.2. The predicted molar refractivity (Wildman–Crippen MR) is 82.4 cm³/mol. The molecule has 1 unspecified atom stereocenters. The van der Waals surface area contributed by atoms with Crippen molar-refractivity contribution < 1.29 is 9.47 Å². The van der Waals surface area contributed by atoms with Crippen molar-refractivity contribution in [3.05, 3.63) is 29.3 Å². The first-order chi connectivity index (χ1) is 9.57. The summed E-state index contributed by atoms with van der Waals surface area (Å²) in [6.07, 6.45) is 3.08. The van der Waals surface area contributed by atoms with Crippen LogP contribution in [0.2, 0.25) is 0 Å². The Morgan fingerprint density at radius 1 is 1.40 bits per heavy atom. The summed E-state index contributed by atoms with van der Waals surface area (Å²) in [4.78, 5) is 0. The lowest BCUT2D eigenvalue weighted by atomic mass is 9.92. The second-order valence-corrected chi connectivity index (χ2v) is 6.11. The van der Waals surface area contributed by atoms with E-state index in [2.05, 4.69) is 44.3 Å². The van der Waals surface area contributed by atoms with Crippen molar-refractivity contribution in [2.45, 2.75) is 51.7 Å². The molecule has 0 bridgehead atoms. The number of ether oxygens (including phenoxy) is 2. The highest BCUT2D eigenvalue weighted by Crippen LogP contribution is 2.36. The number of nitrogens with one attached hydrogen (secondary N) is 1. The zero-order chi connectivity index (χ0) is 14.6. The van der Waals surface area contributed by atoms with Gasteiger partial charge in [-0.05, 0) is 38.8 Å². The van der Waals surface area contributed by atoms with E-state index < -0.39 is 0 Å². The van der Waals surface area contributed by atoms with Gasteiger partial charge < -0.3 is 14.8 Å². The molecule has 1 aromatic rings. The molecular formula is C17H27NO2. The molecular weight excluding hydrogens is 250 g/mol. The summed E-state index contributed by atoms with van der Waals surface area (Å²) in [5.41, 5.74) is 2.46. The Labute approximate surface area is 122 Å². The third-order valence-electron chi connectivity index (χ3n) is 4.01. The lowest BCUT2D eigenvalue weighted by Crippen LogP contribution is -2.32. The van der Waals surface area contributed by atoms with Crippen molar-refractivity contribution in [1.82, 2.24) is 5.32 Å². The minimum atomic E-state index is -0.146. The van der Waals surface area contributed by atoms with E-state index in [-0.39, 0.29) is 11.6 Å². The average molecular weight is 277 g/mol. The van der Waals surface area contributed by atoms with Gasteiger partial charge in [-0.15, -0.1) is 0 Å². The summed E-state index contributed by atoms with van der Waals surface area (Å²) >= 11 is 0. The van der Waals surface area contributed by atoms with Crippen LogP contribution in [0, 0.1) is 0 Å². The van der Waals surface area contributed by atoms with Crippen LogP contribution in [0.3, 0.4) is 0 Å². The molecule has 2 rings (SSSR count). The number of benzene rings is 1. The van der Waals surface area contributed by atoms with Crippen molar-refractivity contribution in [2.24, 2.45) is 0 Å². The maximum Gasteiger partial charge on any atom is 0.127 e. The van der Waals surface area contributed by atoms with Crippen LogP contribution >= 0.6 is 0 Å². The molecule has 1 aliphatic heterocycles. The molecule has 0 amide bonds. The maximum atomic E-state index is 5.86. The number of rotatable bonds is 7. The first-order valence-corrected chi connectivity index (χ1v) is 7.60. The largest absolute Gasteiger partial charge is 0.493 e. The number of methoxy groups -OCH3 is 1. The Kier molecular flexibility index (Phi) is 5.06. The van der Waals surface area contributed by atoms with E-state index >= 15 is 0 Å². The Bertz CT molecular complexity index is 443. The molecule has 1 aliphatic rings. The minimum absolute atomic E-state index is 0.146. The molecule has 1 atom stereocenters. The highest BCUT2D eigenvalue weighted by Gasteiger charge is 2.27. The predicted octanol–water partition coefficient (Wildman–Crippen LogP) is 3.48. The molecule has 0 radical (unpaired) electrons. The topological polar surface area (TPSA) is 30.5 Å². The quantitative estimate of drug-likeness (QED) is 0.827. The van der Waals surface area contributed by atoms with Gasteiger partial charge in [0.1, 0.15) is 5.75 Å². The second kappa shape index (κ2) is 6.59. The van der Waals surface area contributed by atoms with Gasteiger partial charge in [-0.2, -0.15) is 0 Å². The summed E-state index contributed by atoms with van der Waals surface area (Å²) in [7, 11) is 1.78. The van der Waals surface area contributed by atoms with Gasteiger partial charge in [0, 0.05) is 25.1 Å². The Hall–Kier alpha value is -1.06. The fourth-order valence-electron chi connectivity index (χ4n) is 2.70. The van der Waals surface area contributed by atoms with Gasteiger partial charge >= 0.3 is 0 Å². The summed E-state index contributed by atoms with van der Waals surface area (Å²) in [6.45, 7) is 8.28. The van der Waals surface area contributed by atoms with Crippen molar-refractivity contribution >= 4 is 0 Å². The number of hydrogen-bond donors (Lipinski definition) is 1. The molecule has 1 heterocycles. The first kappa shape index (κ1) is 15.3. The van der Waals surface area contributed by atoms with Gasteiger partial charge in [0.05, 0.1) is 12.2 Å². The normalized spacial score (nSPS) is 15.8. The van der Waals surface area contributed by atoms with Gasteiger partial charge in [-0.3, -0.25) is 0 Å². The van der Waals surface area contributed by atoms with E-state index in [1.54, 1.807) is 7.11 Å². The molecule has 1 aromatic carbocycles. The second-order valence-electron chi connectivity index (χ2n) is 6.11. The SMILES string of the molecule is CCCNC(CC(C)(C)OC)c1cccc2c1OCC2. The van der Waals surface area contributed by atoms with Gasteiger partial charge in [0.2, 0.25) is 0 Å². The van der Waals surface area contributed by atoms with Crippen LogP contribution in [-0.2, 0) is 11.2 Å². The molecule has 0 saturated heterocycles. The van der Waals surface area contributed by atoms with Crippen LogP contribution in [0.5, 0.6) is 5.75 Å². The van der Waals surface area contributed by atoms with E-state index in [0.717, 1.165) is 38.2 Å². The maximum absolute atomic E-state index is 5.86. The summed E-state index contributed by atoms with van der Waals surface area (Å²) in [6, 6.07) is 6.77. The Morgan fingerprint density at radius 3 is 2.90 bits per heavy atom. The van der Waals surface area contributed by atoms with Crippen LogP contribution in [0.1, 0.15) is 50.8 Å². The third-order valence-corrected chi connectivity index (χ3v) is 4.01. The fraction of sp³-hybridized carbons (Fsp3) is 0.647. The first-order valence-electron chi connectivity index (χ1n) is 7.60. The molecule has 0 aromatic heterocycles. The molecule has 0 saturated carbocycles. The summed E-state index contributed by atoms with van der Waals surface area (Å²) in [5.74, 6) is 1.09. The van der Waals surface area contributed by atoms with E-state index in [1.807, 2.05) is 0 Å². The van der Waals surface area contributed by atoms with Gasteiger partial charge in [0.15, 0.2) is 0 Å². The lowest BCUT2D eigenvalue weighted by Gasteiger charge is -2.30. The molecule has 0 aliphatic carbocycles. The molecule has 0 fully saturated rings. The molecule has 3 heteroatoms. The number of para-hydroxylation sites is 1. The van der Waals surface area contributed by atoms with Crippen molar-refractivity contribution in [2.75, 3.05) is 20.3 Å². The van der Waals surface area contributed by atoms with Crippen LogP contribution < -0.4 is 10.1 Å².